The molecule has 0 bridgehead atoms. The summed E-state index contributed by atoms with van der Waals surface area (Å²) in [6.07, 6.45) is 6.77. The van der Waals surface area contributed by atoms with Crippen LogP contribution in [0.1, 0.15) is 39.5 Å². The summed E-state index contributed by atoms with van der Waals surface area (Å²) < 4.78 is 6.20. The van der Waals surface area contributed by atoms with Crippen LogP contribution in [0.25, 0.3) is 10.9 Å². The Labute approximate surface area is 120 Å². The van der Waals surface area contributed by atoms with Gasteiger partial charge in [-0.3, -0.25) is 4.98 Å². The van der Waals surface area contributed by atoms with Crippen molar-refractivity contribution in [3.8, 4) is 5.75 Å². The number of rotatable bonds is 2. The molecule has 3 nitrogen and oxygen atoms in total. The average molecular weight is 270 g/mol. The fourth-order valence-electron chi connectivity index (χ4n) is 2.93. The van der Waals surface area contributed by atoms with E-state index in [2.05, 4.69) is 18.8 Å². The molecule has 1 aromatic heterocycles. The molecule has 2 N–H and O–H groups in total. The van der Waals surface area contributed by atoms with Crippen LogP contribution in [0, 0.1) is 5.41 Å². The quantitative estimate of drug-likeness (QED) is 0.833. The minimum atomic E-state index is 0.303. The average Bonchev–Trinajstić information content (AvgIpc) is 2.44. The van der Waals surface area contributed by atoms with Crippen LogP contribution in [0.3, 0.4) is 0 Å². The zero-order valence-corrected chi connectivity index (χ0v) is 12.2. The van der Waals surface area contributed by atoms with E-state index in [-0.39, 0.29) is 0 Å². The van der Waals surface area contributed by atoms with Gasteiger partial charge in [0.2, 0.25) is 0 Å². The van der Waals surface area contributed by atoms with E-state index < -0.39 is 0 Å². The van der Waals surface area contributed by atoms with Crippen molar-refractivity contribution < 1.29 is 4.74 Å². The van der Waals surface area contributed by atoms with Crippen LogP contribution in [0.5, 0.6) is 5.75 Å². The van der Waals surface area contributed by atoms with Crippen LogP contribution in [0.2, 0.25) is 0 Å². The number of aromatic nitrogens is 1. The summed E-state index contributed by atoms with van der Waals surface area (Å²) in [4.78, 5) is 4.43. The predicted molar refractivity (Wildman–Crippen MR) is 82.8 cm³/mol. The molecule has 3 heteroatoms. The summed E-state index contributed by atoms with van der Waals surface area (Å²) in [5.41, 5.74) is 8.09. The largest absolute Gasteiger partial charge is 0.488 e. The van der Waals surface area contributed by atoms with E-state index in [1.54, 1.807) is 6.20 Å². The fourth-order valence-corrected chi connectivity index (χ4v) is 2.93. The van der Waals surface area contributed by atoms with Gasteiger partial charge in [-0.2, -0.15) is 0 Å². The number of hydrogen-bond acceptors (Lipinski definition) is 3. The van der Waals surface area contributed by atoms with Crippen LogP contribution in [0.4, 0.5) is 5.69 Å². The summed E-state index contributed by atoms with van der Waals surface area (Å²) >= 11 is 0. The van der Waals surface area contributed by atoms with Crippen molar-refractivity contribution in [2.24, 2.45) is 5.41 Å². The standard InChI is InChI=1S/C17H22N2O/c1-17(2)9-7-12(8-10-17)20-15-6-5-14(18)13-4-3-11-19-16(13)15/h3-6,11-12H,7-10,18H2,1-2H3. The molecule has 1 saturated carbocycles. The van der Waals surface area contributed by atoms with Gasteiger partial charge in [0.25, 0.3) is 0 Å². The normalized spacial score (nSPS) is 19.1. The lowest BCUT2D eigenvalue weighted by Gasteiger charge is -2.34. The fraction of sp³-hybridized carbons (Fsp3) is 0.471. The number of benzene rings is 1. The van der Waals surface area contributed by atoms with Gasteiger partial charge in [-0.25, -0.2) is 0 Å². The predicted octanol–water partition coefficient (Wildman–Crippen LogP) is 4.16. The topological polar surface area (TPSA) is 48.1 Å². The lowest BCUT2D eigenvalue weighted by Crippen LogP contribution is -2.28. The van der Waals surface area contributed by atoms with Gasteiger partial charge in [0.05, 0.1) is 6.10 Å². The van der Waals surface area contributed by atoms with Crippen LogP contribution in [-0.2, 0) is 0 Å². The van der Waals surface area contributed by atoms with Crippen LogP contribution in [-0.4, -0.2) is 11.1 Å². The molecule has 0 saturated heterocycles. The molecule has 1 aliphatic carbocycles. The number of fused-ring (bicyclic) bond motifs is 1. The number of nitrogens with two attached hydrogens (primary N) is 1. The molecule has 1 aromatic carbocycles. The Morgan fingerprint density at radius 3 is 2.70 bits per heavy atom. The Morgan fingerprint density at radius 2 is 1.95 bits per heavy atom. The second-order valence-corrected chi connectivity index (χ2v) is 6.53. The first-order valence-electron chi connectivity index (χ1n) is 7.35. The van der Waals surface area contributed by atoms with Crippen molar-refractivity contribution in [3.63, 3.8) is 0 Å². The highest BCUT2D eigenvalue weighted by Crippen LogP contribution is 2.37. The zero-order chi connectivity index (χ0) is 14.2. The lowest BCUT2D eigenvalue weighted by atomic mass is 9.76. The molecule has 1 fully saturated rings. The number of pyridine rings is 1. The van der Waals surface area contributed by atoms with Crippen molar-refractivity contribution in [1.29, 1.82) is 0 Å². The van der Waals surface area contributed by atoms with E-state index in [0.717, 1.165) is 35.2 Å². The van der Waals surface area contributed by atoms with Gasteiger partial charge >= 0.3 is 0 Å². The molecule has 1 aliphatic rings. The van der Waals surface area contributed by atoms with E-state index >= 15 is 0 Å². The first-order valence-corrected chi connectivity index (χ1v) is 7.35. The third kappa shape index (κ3) is 2.58. The molecule has 0 atom stereocenters. The number of anilines is 1. The number of ether oxygens (including phenoxy) is 1. The van der Waals surface area contributed by atoms with E-state index in [9.17, 15) is 0 Å². The summed E-state index contributed by atoms with van der Waals surface area (Å²) in [5.74, 6) is 0.861. The highest BCUT2D eigenvalue weighted by atomic mass is 16.5. The molecule has 106 valence electrons. The maximum atomic E-state index is 6.20. The molecule has 3 rings (SSSR count). The maximum absolute atomic E-state index is 6.20. The summed E-state index contributed by atoms with van der Waals surface area (Å²) in [5, 5.41) is 0.973. The van der Waals surface area contributed by atoms with Gasteiger partial charge in [0.1, 0.15) is 11.3 Å². The van der Waals surface area contributed by atoms with Gasteiger partial charge < -0.3 is 10.5 Å². The minimum Gasteiger partial charge on any atom is -0.488 e. The SMILES string of the molecule is CC1(C)CCC(Oc2ccc(N)c3cccnc23)CC1. The Balaban J connectivity index is 1.83. The van der Waals surface area contributed by atoms with E-state index in [1.165, 1.54) is 12.8 Å². The molecule has 1 heterocycles. The molecule has 20 heavy (non-hydrogen) atoms. The first-order chi connectivity index (χ1) is 9.55. The zero-order valence-electron chi connectivity index (χ0n) is 12.2. The van der Waals surface area contributed by atoms with Crippen molar-refractivity contribution >= 4 is 16.6 Å². The van der Waals surface area contributed by atoms with Gasteiger partial charge in [-0.1, -0.05) is 13.8 Å². The van der Waals surface area contributed by atoms with Crippen LogP contribution >= 0.6 is 0 Å². The molecule has 0 radical (unpaired) electrons. The Kier molecular flexibility index (Phi) is 3.28. The first kappa shape index (κ1) is 13.2. The molecular formula is C17H22N2O. The second kappa shape index (κ2) is 4.97. The van der Waals surface area contributed by atoms with Crippen molar-refractivity contribution in [3.05, 3.63) is 30.5 Å². The molecular weight excluding hydrogens is 248 g/mol. The van der Waals surface area contributed by atoms with Gasteiger partial charge in [0, 0.05) is 17.3 Å². The Hall–Kier alpha value is -1.77. The third-order valence-corrected chi connectivity index (χ3v) is 4.35. The Bertz CT molecular complexity index is 611. The van der Waals surface area contributed by atoms with Crippen LogP contribution < -0.4 is 10.5 Å². The minimum absolute atomic E-state index is 0.303. The molecule has 2 aromatic rings. The second-order valence-electron chi connectivity index (χ2n) is 6.53. The number of nitrogens with zero attached hydrogens (tertiary/aromatic N) is 1. The lowest BCUT2D eigenvalue weighted by molar-refractivity contribution is 0.0999. The third-order valence-electron chi connectivity index (χ3n) is 4.35. The molecule has 0 unspecified atom stereocenters. The number of hydrogen-bond donors (Lipinski definition) is 1. The van der Waals surface area contributed by atoms with E-state index in [0.29, 0.717) is 11.5 Å². The smallest absolute Gasteiger partial charge is 0.146 e. The summed E-state index contributed by atoms with van der Waals surface area (Å²) in [6, 6.07) is 7.76. The molecule has 0 aliphatic heterocycles. The summed E-state index contributed by atoms with van der Waals surface area (Å²) in [7, 11) is 0. The summed E-state index contributed by atoms with van der Waals surface area (Å²) in [6.45, 7) is 4.67. The number of nitrogen functional groups attached to an aromatic ring is 1. The van der Waals surface area contributed by atoms with E-state index in [1.807, 2.05) is 24.3 Å². The molecule has 0 spiro atoms. The van der Waals surface area contributed by atoms with Crippen molar-refractivity contribution in [1.82, 2.24) is 4.98 Å². The van der Waals surface area contributed by atoms with Gasteiger partial charge in [-0.05, 0) is 55.4 Å². The van der Waals surface area contributed by atoms with Crippen molar-refractivity contribution in [2.75, 3.05) is 5.73 Å². The Morgan fingerprint density at radius 1 is 1.20 bits per heavy atom. The molecule has 0 amide bonds. The van der Waals surface area contributed by atoms with Gasteiger partial charge in [-0.15, -0.1) is 0 Å². The van der Waals surface area contributed by atoms with Crippen molar-refractivity contribution in [2.45, 2.75) is 45.6 Å². The highest BCUT2D eigenvalue weighted by Gasteiger charge is 2.28. The van der Waals surface area contributed by atoms with E-state index in [4.69, 9.17) is 10.5 Å². The maximum Gasteiger partial charge on any atom is 0.146 e. The van der Waals surface area contributed by atoms with Crippen LogP contribution in [0.15, 0.2) is 30.5 Å². The highest BCUT2D eigenvalue weighted by molar-refractivity contribution is 5.94. The monoisotopic (exact) mass is 270 g/mol. The van der Waals surface area contributed by atoms with Gasteiger partial charge in [0.15, 0.2) is 0 Å².